The average Bonchev–Trinajstić information content (AvgIpc) is 3.08. The van der Waals surface area contributed by atoms with E-state index in [0.29, 0.717) is 0 Å². The van der Waals surface area contributed by atoms with Gasteiger partial charge in [0.25, 0.3) is 11.8 Å². The van der Waals surface area contributed by atoms with Gasteiger partial charge < -0.3 is 10.6 Å². The van der Waals surface area contributed by atoms with Crippen molar-refractivity contribution in [3.05, 3.63) is 68.0 Å². The molecular weight excluding hydrogens is 469 g/mol. The minimum atomic E-state index is -2.87. The highest BCUT2D eigenvalue weighted by Gasteiger charge is 2.22. The van der Waals surface area contributed by atoms with Crippen molar-refractivity contribution in [3.8, 4) is 5.82 Å². The third-order valence-corrected chi connectivity index (χ3v) is 4.45. The highest BCUT2D eigenvalue weighted by atomic mass is 79.9. The first kappa shape index (κ1) is 13.7. The molecule has 0 saturated heterocycles. The first-order valence-corrected chi connectivity index (χ1v) is 9.06. The largest absolute Gasteiger partial charge is 0.355 e. The van der Waals surface area contributed by atoms with Crippen LogP contribution in [-0.2, 0) is 0 Å². The zero-order chi connectivity index (χ0) is 25.4. The first-order valence-electron chi connectivity index (χ1n) is 10.5. The van der Waals surface area contributed by atoms with Crippen LogP contribution in [0.15, 0.2) is 41.1 Å². The number of carbonyl (C=O) groups excluding carboxylic acids is 2. The van der Waals surface area contributed by atoms with Gasteiger partial charge in [0.1, 0.15) is 10.3 Å². The Kier molecular flexibility index (Phi) is 4.06. The maximum absolute atomic E-state index is 13.2. The smallest absolute Gasteiger partial charge is 0.274 e. The molecule has 3 aromatic rings. The van der Waals surface area contributed by atoms with Crippen LogP contribution < -0.4 is 10.6 Å². The van der Waals surface area contributed by atoms with Crippen LogP contribution in [0.25, 0.3) is 5.82 Å². The molecule has 0 atom stereocenters. The van der Waals surface area contributed by atoms with Crippen molar-refractivity contribution in [3.63, 3.8) is 0 Å². The fourth-order valence-electron chi connectivity index (χ4n) is 2.37. The van der Waals surface area contributed by atoms with Crippen molar-refractivity contribution < 1.29 is 17.8 Å². The van der Waals surface area contributed by atoms with Gasteiger partial charge in [0.15, 0.2) is 5.82 Å². The summed E-state index contributed by atoms with van der Waals surface area (Å²) in [5.74, 6) is -1.92. The van der Waals surface area contributed by atoms with Gasteiger partial charge in [0, 0.05) is 32.5 Å². The van der Waals surface area contributed by atoms with Crippen LogP contribution in [0.2, 0.25) is 10.0 Å². The highest BCUT2D eigenvalue weighted by Crippen LogP contribution is 2.27. The summed E-state index contributed by atoms with van der Waals surface area (Å²) in [6.07, 6.45) is 1.43. The van der Waals surface area contributed by atoms with Crippen LogP contribution in [0.5, 0.6) is 0 Å². The second-order valence-corrected chi connectivity index (χ2v) is 7.01. The quantitative estimate of drug-likeness (QED) is 0.574. The maximum atomic E-state index is 13.2. The van der Waals surface area contributed by atoms with Crippen molar-refractivity contribution in [2.45, 2.75) is 6.85 Å². The molecule has 0 spiro atoms. The predicted octanol–water partition coefficient (Wildman–Crippen LogP) is 4.26. The van der Waals surface area contributed by atoms with Crippen LogP contribution in [-0.4, -0.2) is 33.6 Å². The van der Waals surface area contributed by atoms with Crippen molar-refractivity contribution in [1.82, 2.24) is 20.1 Å². The van der Waals surface area contributed by atoms with E-state index in [1.54, 1.807) is 11.4 Å². The Morgan fingerprint density at radius 3 is 2.79 bits per heavy atom. The van der Waals surface area contributed by atoms with Gasteiger partial charge >= 0.3 is 0 Å². The number of pyridine rings is 1. The van der Waals surface area contributed by atoms with Gasteiger partial charge in [-0.3, -0.25) is 9.59 Å². The zero-order valence-corrected chi connectivity index (χ0v) is 16.9. The number of halogens is 3. The molecule has 1 aromatic carbocycles. The molecule has 2 amide bonds. The lowest BCUT2D eigenvalue weighted by molar-refractivity contribution is 0.0964. The second kappa shape index (κ2) is 8.30. The normalized spacial score (nSPS) is 14.7. The molecule has 3 rings (SSSR count). The molecule has 2 aromatic heterocycles. The standard InChI is InChI=1S/C18H14BrCl2N5O2/c1-9-6-10(20)7-11(17(27)22-2)15(9)24-18(28)13-8-14(19)25-26(13)16-12(21)4-3-5-23-16/h3-8H,1-2H3,(H,22,27)(H,24,28)/i1D3,2D3. The molecule has 0 aliphatic heterocycles. The molecule has 0 saturated carbocycles. The molecule has 144 valence electrons. The van der Waals surface area contributed by atoms with E-state index in [1.165, 1.54) is 18.3 Å². The van der Waals surface area contributed by atoms with E-state index in [0.717, 1.165) is 16.8 Å². The summed E-state index contributed by atoms with van der Waals surface area (Å²) in [7, 11) is 0. The van der Waals surface area contributed by atoms with Gasteiger partial charge in [-0.25, -0.2) is 9.67 Å². The monoisotopic (exact) mass is 487 g/mol. The lowest BCUT2D eigenvalue weighted by Crippen LogP contribution is -2.23. The molecular formula is C18H14BrCl2N5O2. The van der Waals surface area contributed by atoms with Gasteiger partial charge in [-0.05, 0) is 52.6 Å². The topological polar surface area (TPSA) is 88.9 Å². The highest BCUT2D eigenvalue weighted by molar-refractivity contribution is 9.10. The van der Waals surface area contributed by atoms with Gasteiger partial charge in [-0.1, -0.05) is 23.2 Å². The number of hydrogen-bond acceptors (Lipinski definition) is 4. The molecule has 2 N–H and O–H groups in total. The Hall–Kier alpha value is -2.42. The summed E-state index contributed by atoms with van der Waals surface area (Å²) in [5, 5.41) is 8.31. The third-order valence-electron chi connectivity index (χ3n) is 3.55. The van der Waals surface area contributed by atoms with E-state index in [4.69, 9.17) is 31.4 Å². The van der Waals surface area contributed by atoms with Crippen LogP contribution in [0, 0.1) is 6.85 Å². The molecule has 28 heavy (non-hydrogen) atoms. The number of anilines is 1. The number of rotatable bonds is 4. The Bertz CT molecular complexity index is 1280. The molecule has 0 aliphatic carbocycles. The lowest BCUT2D eigenvalue weighted by Gasteiger charge is -2.14. The summed E-state index contributed by atoms with van der Waals surface area (Å²) in [6.45, 7) is -5.69. The van der Waals surface area contributed by atoms with Gasteiger partial charge in [0.05, 0.1) is 16.3 Å². The minimum absolute atomic E-state index is 0.110. The zero-order valence-electron chi connectivity index (χ0n) is 19.8. The Morgan fingerprint density at radius 2 is 2.07 bits per heavy atom. The Balaban J connectivity index is 2.14. The Labute approximate surface area is 187 Å². The molecule has 0 unspecified atom stereocenters. The first-order chi connectivity index (χ1) is 15.7. The number of amides is 2. The summed E-state index contributed by atoms with van der Waals surface area (Å²) < 4.78 is 46.6. The van der Waals surface area contributed by atoms with E-state index >= 15 is 0 Å². The van der Waals surface area contributed by atoms with Gasteiger partial charge in [-0.15, -0.1) is 0 Å². The average molecular weight is 489 g/mol. The summed E-state index contributed by atoms with van der Waals surface area (Å²) in [4.78, 5) is 30.0. The van der Waals surface area contributed by atoms with Crippen LogP contribution in [0.1, 0.15) is 34.6 Å². The van der Waals surface area contributed by atoms with E-state index < -0.39 is 42.5 Å². The van der Waals surface area contributed by atoms with E-state index in [2.05, 4.69) is 31.3 Å². The fourth-order valence-corrected chi connectivity index (χ4v) is 3.17. The predicted molar refractivity (Wildman–Crippen MR) is 112 cm³/mol. The van der Waals surface area contributed by atoms with Gasteiger partial charge in [0.2, 0.25) is 0 Å². The molecule has 7 nitrogen and oxygen atoms in total. The SMILES string of the molecule is [2H]C([2H])([2H])NC(=O)c1cc(Cl)cc(C([2H])([2H])[2H])c1NC(=O)c1cc(Br)nn1-c1ncccc1Cl. The third kappa shape index (κ3) is 4.04. The van der Waals surface area contributed by atoms with E-state index in [-0.39, 0.29) is 26.2 Å². The minimum Gasteiger partial charge on any atom is -0.355 e. The molecule has 10 heteroatoms. The van der Waals surface area contributed by atoms with Crippen LogP contribution in [0.3, 0.4) is 0 Å². The number of nitrogens with zero attached hydrogens (tertiary/aromatic N) is 3. The number of hydrogen-bond donors (Lipinski definition) is 2. The lowest BCUT2D eigenvalue weighted by atomic mass is 10.1. The van der Waals surface area contributed by atoms with E-state index in [9.17, 15) is 9.59 Å². The summed E-state index contributed by atoms with van der Waals surface area (Å²) in [5.41, 5.74) is -1.47. The van der Waals surface area contributed by atoms with Crippen LogP contribution >= 0.6 is 39.1 Å². The summed E-state index contributed by atoms with van der Waals surface area (Å²) in [6, 6.07) is 6.55. The van der Waals surface area contributed by atoms with Crippen molar-refractivity contribution in [1.29, 1.82) is 0 Å². The van der Waals surface area contributed by atoms with Crippen LogP contribution in [0.4, 0.5) is 5.69 Å². The number of aryl methyl sites for hydroxylation is 1. The van der Waals surface area contributed by atoms with Crippen molar-refractivity contribution in [2.24, 2.45) is 0 Å². The summed E-state index contributed by atoms with van der Waals surface area (Å²) >= 11 is 15.3. The van der Waals surface area contributed by atoms with Crippen molar-refractivity contribution in [2.75, 3.05) is 12.3 Å². The van der Waals surface area contributed by atoms with Gasteiger partial charge in [-0.2, -0.15) is 5.10 Å². The fraction of sp³-hybridized carbons (Fsp3) is 0.111. The van der Waals surface area contributed by atoms with Crippen molar-refractivity contribution >= 4 is 56.6 Å². The molecule has 2 heterocycles. The molecule has 0 fully saturated rings. The maximum Gasteiger partial charge on any atom is 0.274 e. The molecule has 0 radical (unpaired) electrons. The van der Waals surface area contributed by atoms with E-state index in [1.807, 2.05) is 0 Å². The second-order valence-electron chi connectivity index (χ2n) is 5.36. The molecule has 0 bridgehead atoms. The molecule has 0 aliphatic rings. The Morgan fingerprint density at radius 1 is 1.25 bits per heavy atom. The number of carbonyl (C=O) groups is 2. The number of benzene rings is 1. The number of nitrogens with one attached hydrogen (secondary N) is 2. The number of aromatic nitrogens is 3.